The molecular weight excluding hydrogens is 234 g/mol. The van der Waals surface area contributed by atoms with Crippen LogP contribution in [0.4, 0.5) is 0 Å². The summed E-state index contributed by atoms with van der Waals surface area (Å²) in [5.74, 6) is 0.781. The lowest BCUT2D eigenvalue weighted by molar-refractivity contribution is 1.07. The predicted octanol–water partition coefficient (Wildman–Crippen LogP) is 3.41. The van der Waals surface area contributed by atoms with Gasteiger partial charge in [-0.05, 0) is 12.1 Å². The molecule has 0 unspecified atom stereocenters. The highest BCUT2D eigenvalue weighted by Gasteiger charge is 2.10. The molecule has 0 atom stereocenters. The van der Waals surface area contributed by atoms with E-state index in [4.69, 9.17) is 5.26 Å². The van der Waals surface area contributed by atoms with Crippen LogP contribution in [0.15, 0.2) is 66.9 Å². The zero-order valence-corrected chi connectivity index (χ0v) is 10.2. The summed E-state index contributed by atoms with van der Waals surface area (Å²) < 4.78 is 1.94. The second-order valence-corrected chi connectivity index (χ2v) is 4.13. The molecular formula is C16H11N3. The van der Waals surface area contributed by atoms with Gasteiger partial charge in [-0.2, -0.15) is 5.26 Å². The first-order valence-electron chi connectivity index (χ1n) is 5.99. The molecule has 0 saturated heterocycles. The minimum Gasteiger partial charge on any atom is -0.298 e. The van der Waals surface area contributed by atoms with Crippen LogP contribution in [-0.4, -0.2) is 9.55 Å². The van der Waals surface area contributed by atoms with E-state index < -0.39 is 0 Å². The van der Waals surface area contributed by atoms with E-state index in [0.29, 0.717) is 5.69 Å². The molecule has 0 N–H and O–H groups in total. The zero-order chi connectivity index (χ0) is 13.1. The van der Waals surface area contributed by atoms with Crippen LogP contribution in [0.2, 0.25) is 0 Å². The van der Waals surface area contributed by atoms with Gasteiger partial charge in [0.2, 0.25) is 0 Å². The number of nitrogens with zero attached hydrogens (tertiary/aromatic N) is 3. The summed E-state index contributed by atoms with van der Waals surface area (Å²) in [7, 11) is 0. The molecule has 3 nitrogen and oxygen atoms in total. The Hall–Kier alpha value is -2.86. The molecule has 2 aromatic carbocycles. The highest BCUT2D eigenvalue weighted by Crippen LogP contribution is 2.22. The van der Waals surface area contributed by atoms with Crippen molar-refractivity contribution in [3.8, 4) is 23.1 Å². The normalized spacial score (nSPS) is 10.1. The van der Waals surface area contributed by atoms with Crippen molar-refractivity contribution in [2.45, 2.75) is 0 Å². The Kier molecular flexibility index (Phi) is 2.83. The largest absolute Gasteiger partial charge is 0.298 e. The zero-order valence-electron chi connectivity index (χ0n) is 10.2. The molecule has 0 spiro atoms. The second-order valence-electron chi connectivity index (χ2n) is 4.13. The van der Waals surface area contributed by atoms with Gasteiger partial charge in [0, 0.05) is 17.4 Å². The fourth-order valence-electron chi connectivity index (χ4n) is 2.01. The molecule has 0 amide bonds. The Morgan fingerprint density at radius 3 is 2.16 bits per heavy atom. The van der Waals surface area contributed by atoms with Crippen molar-refractivity contribution < 1.29 is 0 Å². The Labute approximate surface area is 111 Å². The standard InChI is InChI=1S/C16H11N3/c17-11-14-12-19(15-9-5-2-6-10-15)16(18-14)13-7-3-1-4-8-13/h1-10,12H. The van der Waals surface area contributed by atoms with E-state index in [2.05, 4.69) is 11.1 Å². The molecule has 19 heavy (non-hydrogen) atoms. The quantitative estimate of drug-likeness (QED) is 0.694. The SMILES string of the molecule is N#Cc1cn(-c2ccccc2)c(-c2ccccc2)n1. The van der Waals surface area contributed by atoms with Crippen molar-refractivity contribution in [1.29, 1.82) is 5.26 Å². The third-order valence-corrected chi connectivity index (χ3v) is 2.89. The van der Waals surface area contributed by atoms with Crippen LogP contribution in [0, 0.1) is 11.3 Å². The number of imidazole rings is 1. The molecule has 90 valence electrons. The lowest BCUT2D eigenvalue weighted by Gasteiger charge is -2.07. The van der Waals surface area contributed by atoms with Crippen molar-refractivity contribution in [2.24, 2.45) is 0 Å². The average molecular weight is 245 g/mol. The molecule has 1 aromatic heterocycles. The summed E-state index contributed by atoms with van der Waals surface area (Å²) in [6, 6.07) is 21.9. The van der Waals surface area contributed by atoms with E-state index in [1.807, 2.05) is 65.2 Å². The van der Waals surface area contributed by atoms with Crippen molar-refractivity contribution in [1.82, 2.24) is 9.55 Å². The van der Waals surface area contributed by atoms with Gasteiger partial charge in [0.25, 0.3) is 0 Å². The number of para-hydroxylation sites is 1. The Morgan fingerprint density at radius 2 is 1.53 bits per heavy atom. The predicted molar refractivity (Wildman–Crippen MR) is 73.7 cm³/mol. The summed E-state index contributed by atoms with van der Waals surface area (Å²) >= 11 is 0. The third-order valence-electron chi connectivity index (χ3n) is 2.89. The summed E-state index contributed by atoms with van der Waals surface area (Å²) in [5, 5.41) is 9.04. The van der Waals surface area contributed by atoms with Crippen LogP contribution >= 0.6 is 0 Å². The first kappa shape index (κ1) is 11.2. The van der Waals surface area contributed by atoms with Crippen LogP contribution in [0.1, 0.15) is 5.69 Å². The number of hydrogen-bond donors (Lipinski definition) is 0. The minimum atomic E-state index is 0.419. The maximum atomic E-state index is 9.04. The molecule has 0 aliphatic carbocycles. The first-order chi connectivity index (χ1) is 9.38. The van der Waals surface area contributed by atoms with Gasteiger partial charge in [0.1, 0.15) is 11.9 Å². The fourth-order valence-corrected chi connectivity index (χ4v) is 2.01. The number of benzene rings is 2. The van der Waals surface area contributed by atoms with E-state index in [1.165, 1.54) is 0 Å². The van der Waals surface area contributed by atoms with Gasteiger partial charge in [0.05, 0.1) is 0 Å². The van der Waals surface area contributed by atoms with Gasteiger partial charge in [-0.15, -0.1) is 0 Å². The highest BCUT2D eigenvalue weighted by atomic mass is 15.1. The summed E-state index contributed by atoms with van der Waals surface area (Å²) in [5.41, 5.74) is 2.41. The summed E-state index contributed by atoms with van der Waals surface area (Å²) in [4.78, 5) is 4.38. The van der Waals surface area contributed by atoms with E-state index in [-0.39, 0.29) is 0 Å². The molecule has 0 bridgehead atoms. The van der Waals surface area contributed by atoms with Crippen molar-refractivity contribution in [2.75, 3.05) is 0 Å². The topological polar surface area (TPSA) is 41.6 Å². The fraction of sp³-hybridized carbons (Fsp3) is 0. The molecule has 0 fully saturated rings. The van der Waals surface area contributed by atoms with Crippen LogP contribution < -0.4 is 0 Å². The van der Waals surface area contributed by atoms with Gasteiger partial charge < -0.3 is 0 Å². The lowest BCUT2D eigenvalue weighted by atomic mass is 10.2. The van der Waals surface area contributed by atoms with Crippen molar-refractivity contribution in [3.05, 3.63) is 72.6 Å². The molecule has 3 rings (SSSR count). The van der Waals surface area contributed by atoms with Crippen molar-refractivity contribution >= 4 is 0 Å². The summed E-state index contributed by atoms with van der Waals surface area (Å²) in [6.07, 6.45) is 1.76. The van der Waals surface area contributed by atoms with Gasteiger partial charge in [-0.3, -0.25) is 4.57 Å². The average Bonchev–Trinajstić information content (AvgIpc) is 2.93. The molecule has 1 heterocycles. The maximum absolute atomic E-state index is 9.04. The van der Waals surface area contributed by atoms with Gasteiger partial charge in [-0.1, -0.05) is 48.5 Å². The van der Waals surface area contributed by atoms with E-state index >= 15 is 0 Å². The number of hydrogen-bond acceptors (Lipinski definition) is 2. The number of nitriles is 1. The highest BCUT2D eigenvalue weighted by molar-refractivity contribution is 5.59. The molecule has 0 aliphatic heterocycles. The first-order valence-corrected chi connectivity index (χ1v) is 5.99. The van der Waals surface area contributed by atoms with Crippen molar-refractivity contribution in [3.63, 3.8) is 0 Å². The lowest BCUT2D eigenvalue weighted by Crippen LogP contribution is -1.95. The Balaban J connectivity index is 2.20. The molecule has 0 radical (unpaired) electrons. The van der Waals surface area contributed by atoms with E-state index in [0.717, 1.165) is 17.1 Å². The van der Waals surface area contributed by atoms with Crippen LogP contribution in [0.25, 0.3) is 17.1 Å². The van der Waals surface area contributed by atoms with Gasteiger partial charge in [0.15, 0.2) is 5.69 Å². The summed E-state index contributed by atoms with van der Waals surface area (Å²) in [6.45, 7) is 0. The second kappa shape index (κ2) is 4.79. The molecule has 0 aliphatic rings. The molecule has 0 saturated carbocycles. The number of aromatic nitrogens is 2. The third kappa shape index (κ3) is 2.12. The van der Waals surface area contributed by atoms with Crippen LogP contribution in [-0.2, 0) is 0 Å². The Morgan fingerprint density at radius 1 is 0.895 bits per heavy atom. The van der Waals surface area contributed by atoms with Gasteiger partial charge >= 0.3 is 0 Å². The van der Waals surface area contributed by atoms with Gasteiger partial charge in [-0.25, -0.2) is 4.98 Å². The Bertz CT molecular complexity index is 665. The minimum absolute atomic E-state index is 0.419. The number of rotatable bonds is 2. The van der Waals surface area contributed by atoms with E-state index in [9.17, 15) is 0 Å². The maximum Gasteiger partial charge on any atom is 0.159 e. The van der Waals surface area contributed by atoms with Crippen LogP contribution in [0.5, 0.6) is 0 Å². The molecule has 3 heteroatoms. The van der Waals surface area contributed by atoms with Crippen LogP contribution in [0.3, 0.4) is 0 Å². The van der Waals surface area contributed by atoms with E-state index in [1.54, 1.807) is 6.20 Å². The monoisotopic (exact) mass is 245 g/mol. The molecule has 3 aromatic rings. The smallest absolute Gasteiger partial charge is 0.159 e.